The van der Waals surface area contributed by atoms with Gasteiger partial charge in [-0.3, -0.25) is 0 Å². The smallest absolute Gasteiger partial charge is 0.157 e. The third-order valence-electron chi connectivity index (χ3n) is 2.52. The maximum Gasteiger partial charge on any atom is 0.157 e. The SMILES string of the molecule is Cc1cc(-c2c(N)nn(NN)c2N)ccc1Cl. The van der Waals surface area contributed by atoms with Crippen LogP contribution in [0, 0.1) is 6.92 Å². The molecule has 0 spiro atoms. The Morgan fingerprint density at radius 1 is 1.35 bits per heavy atom. The Bertz CT molecular complexity index is 562. The Hall–Kier alpha value is -1.92. The highest BCUT2D eigenvalue weighted by molar-refractivity contribution is 6.31. The van der Waals surface area contributed by atoms with Crippen molar-refractivity contribution in [2.75, 3.05) is 17.0 Å². The lowest BCUT2D eigenvalue weighted by Gasteiger charge is -2.05. The molecule has 0 fully saturated rings. The van der Waals surface area contributed by atoms with Gasteiger partial charge in [0, 0.05) is 5.02 Å². The number of aromatic nitrogens is 2. The minimum absolute atomic E-state index is 0.308. The van der Waals surface area contributed by atoms with Crippen LogP contribution in [0.1, 0.15) is 5.56 Å². The molecular formula is C10H13ClN6. The van der Waals surface area contributed by atoms with Gasteiger partial charge in [0.2, 0.25) is 0 Å². The highest BCUT2D eigenvalue weighted by atomic mass is 35.5. The second-order valence-electron chi connectivity index (χ2n) is 3.65. The summed E-state index contributed by atoms with van der Waals surface area (Å²) in [6.45, 7) is 1.91. The van der Waals surface area contributed by atoms with Crippen LogP contribution in [0.25, 0.3) is 11.1 Å². The van der Waals surface area contributed by atoms with E-state index in [1.54, 1.807) is 6.07 Å². The summed E-state index contributed by atoms with van der Waals surface area (Å²) in [7, 11) is 0. The topological polar surface area (TPSA) is 108 Å². The van der Waals surface area contributed by atoms with Crippen LogP contribution >= 0.6 is 11.6 Å². The molecular weight excluding hydrogens is 240 g/mol. The normalized spacial score (nSPS) is 10.5. The molecule has 0 aliphatic heterocycles. The second kappa shape index (κ2) is 4.15. The first-order valence-corrected chi connectivity index (χ1v) is 5.29. The number of hydrogen-bond donors (Lipinski definition) is 4. The maximum atomic E-state index is 5.96. The van der Waals surface area contributed by atoms with Crippen LogP contribution in [0.2, 0.25) is 5.02 Å². The summed E-state index contributed by atoms with van der Waals surface area (Å²) in [6.07, 6.45) is 0. The molecule has 0 saturated heterocycles. The van der Waals surface area contributed by atoms with Crippen molar-refractivity contribution in [2.45, 2.75) is 6.92 Å². The highest BCUT2D eigenvalue weighted by Crippen LogP contribution is 2.32. The van der Waals surface area contributed by atoms with E-state index in [0.717, 1.165) is 11.1 Å². The molecule has 0 saturated carbocycles. The molecule has 2 aromatic rings. The van der Waals surface area contributed by atoms with Crippen LogP contribution in [0.3, 0.4) is 0 Å². The van der Waals surface area contributed by atoms with Crippen LogP contribution in [-0.4, -0.2) is 9.89 Å². The van der Waals surface area contributed by atoms with Crippen molar-refractivity contribution in [1.29, 1.82) is 0 Å². The fourth-order valence-corrected chi connectivity index (χ4v) is 1.76. The molecule has 6 nitrogen and oxygen atoms in total. The summed E-state index contributed by atoms with van der Waals surface area (Å²) in [5.41, 5.74) is 16.4. The number of nitrogens with two attached hydrogens (primary N) is 3. The maximum absolute atomic E-state index is 5.96. The molecule has 7 heteroatoms. The summed E-state index contributed by atoms with van der Waals surface area (Å²) >= 11 is 5.96. The fourth-order valence-electron chi connectivity index (χ4n) is 1.64. The minimum atomic E-state index is 0.308. The second-order valence-corrected chi connectivity index (χ2v) is 4.06. The fraction of sp³-hybridized carbons (Fsp3) is 0.100. The summed E-state index contributed by atoms with van der Waals surface area (Å²) in [5, 5.41) is 4.65. The quantitative estimate of drug-likeness (QED) is 0.473. The standard InChI is InChI=1S/C10H13ClN6/c1-5-4-6(2-3-7(5)11)8-9(12)15-17(16-14)10(8)13/h2-4,16H,13-14H2,1H3,(H2,12,15). The van der Waals surface area contributed by atoms with Crippen LogP contribution in [0.5, 0.6) is 0 Å². The molecule has 0 aliphatic rings. The molecule has 0 bridgehead atoms. The number of benzene rings is 1. The zero-order valence-corrected chi connectivity index (χ0v) is 9.99. The van der Waals surface area contributed by atoms with Gasteiger partial charge in [0.05, 0.1) is 5.56 Å². The van der Waals surface area contributed by atoms with Gasteiger partial charge in [-0.15, -0.1) is 9.89 Å². The van der Waals surface area contributed by atoms with E-state index < -0.39 is 0 Å². The van der Waals surface area contributed by atoms with Crippen molar-refractivity contribution in [2.24, 2.45) is 5.84 Å². The monoisotopic (exact) mass is 252 g/mol. The zero-order valence-electron chi connectivity index (χ0n) is 9.24. The van der Waals surface area contributed by atoms with Gasteiger partial charge in [-0.2, -0.15) is 0 Å². The van der Waals surface area contributed by atoms with Gasteiger partial charge < -0.3 is 11.5 Å². The van der Waals surface area contributed by atoms with Crippen molar-refractivity contribution in [3.05, 3.63) is 28.8 Å². The Morgan fingerprint density at radius 2 is 2.06 bits per heavy atom. The Kier molecular flexibility index (Phi) is 2.83. The first-order chi connectivity index (χ1) is 8.04. The summed E-state index contributed by atoms with van der Waals surface area (Å²) in [5.74, 6) is 5.92. The first-order valence-electron chi connectivity index (χ1n) is 4.91. The number of hydrogen-bond acceptors (Lipinski definition) is 5. The van der Waals surface area contributed by atoms with Crippen LogP contribution in [0.15, 0.2) is 18.2 Å². The minimum Gasteiger partial charge on any atom is -0.382 e. The van der Waals surface area contributed by atoms with Gasteiger partial charge in [0.1, 0.15) is 0 Å². The van der Waals surface area contributed by atoms with Crippen molar-refractivity contribution >= 4 is 23.2 Å². The van der Waals surface area contributed by atoms with Crippen LogP contribution < -0.4 is 22.8 Å². The molecule has 0 aliphatic carbocycles. The predicted molar refractivity (Wildman–Crippen MR) is 69.8 cm³/mol. The van der Waals surface area contributed by atoms with E-state index in [1.807, 2.05) is 19.1 Å². The molecule has 0 amide bonds. The molecule has 0 atom stereocenters. The average Bonchev–Trinajstić information content (AvgIpc) is 2.58. The Labute approximate surface area is 103 Å². The lowest BCUT2D eigenvalue weighted by Crippen LogP contribution is -2.24. The molecule has 1 aromatic heterocycles. The number of nitrogen functional groups attached to an aromatic ring is 3. The molecule has 17 heavy (non-hydrogen) atoms. The van der Waals surface area contributed by atoms with E-state index in [4.69, 9.17) is 28.9 Å². The number of halogens is 1. The molecule has 0 radical (unpaired) electrons. The van der Waals surface area contributed by atoms with E-state index in [1.165, 1.54) is 4.79 Å². The number of hydrazine groups is 1. The van der Waals surface area contributed by atoms with E-state index in [9.17, 15) is 0 Å². The van der Waals surface area contributed by atoms with Gasteiger partial charge in [0.25, 0.3) is 0 Å². The van der Waals surface area contributed by atoms with Gasteiger partial charge in [-0.05, 0) is 30.2 Å². The average molecular weight is 253 g/mol. The highest BCUT2D eigenvalue weighted by Gasteiger charge is 2.15. The summed E-state index contributed by atoms with van der Waals surface area (Å²) < 4.78 is 0. The number of anilines is 2. The number of nitrogens with zero attached hydrogens (tertiary/aromatic N) is 2. The molecule has 1 aromatic carbocycles. The lowest BCUT2D eigenvalue weighted by molar-refractivity contribution is 0.768. The van der Waals surface area contributed by atoms with E-state index in [2.05, 4.69) is 10.6 Å². The van der Waals surface area contributed by atoms with Gasteiger partial charge in [-0.25, -0.2) is 11.4 Å². The Morgan fingerprint density at radius 3 is 2.59 bits per heavy atom. The Balaban J connectivity index is 2.60. The van der Waals surface area contributed by atoms with Crippen molar-refractivity contribution in [3.63, 3.8) is 0 Å². The summed E-state index contributed by atoms with van der Waals surface area (Å²) in [6, 6.07) is 5.52. The third-order valence-corrected chi connectivity index (χ3v) is 2.94. The third kappa shape index (κ3) is 1.88. The van der Waals surface area contributed by atoms with Crippen molar-refractivity contribution in [1.82, 2.24) is 9.89 Å². The van der Waals surface area contributed by atoms with Gasteiger partial charge in [-0.1, -0.05) is 17.7 Å². The van der Waals surface area contributed by atoms with Crippen LogP contribution in [-0.2, 0) is 0 Å². The van der Waals surface area contributed by atoms with Gasteiger partial charge in [0.15, 0.2) is 11.6 Å². The van der Waals surface area contributed by atoms with E-state index in [-0.39, 0.29) is 0 Å². The molecule has 0 unspecified atom stereocenters. The zero-order chi connectivity index (χ0) is 12.6. The predicted octanol–water partition coefficient (Wildman–Crippen LogP) is 1.09. The molecule has 90 valence electrons. The number of nitrogens with one attached hydrogen (secondary N) is 1. The van der Waals surface area contributed by atoms with Crippen molar-refractivity contribution in [3.8, 4) is 11.1 Å². The van der Waals surface area contributed by atoms with Gasteiger partial charge >= 0.3 is 0 Å². The number of rotatable bonds is 2. The first kappa shape index (κ1) is 11.6. The number of aryl methyl sites for hydroxylation is 1. The van der Waals surface area contributed by atoms with E-state index >= 15 is 0 Å². The molecule has 7 N–H and O–H groups in total. The lowest BCUT2D eigenvalue weighted by atomic mass is 10.1. The van der Waals surface area contributed by atoms with E-state index in [0.29, 0.717) is 22.2 Å². The largest absolute Gasteiger partial charge is 0.382 e. The molecule has 2 rings (SSSR count). The molecule has 1 heterocycles. The van der Waals surface area contributed by atoms with Crippen LogP contribution in [0.4, 0.5) is 11.6 Å². The summed E-state index contributed by atoms with van der Waals surface area (Å²) in [4.78, 5) is 1.22. The van der Waals surface area contributed by atoms with Crippen molar-refractivity contribution < 1.29 is 0 Å².